The van der Waals surface area contributed by atoms with Crippen molar-refractivity contribution in [3.63, 3.8) is 0 Å². The Bertz CT molecular complexity index is 1300. The maximum Gasteiger partial charge on any atom is 0.323 e. The molecule has 210 valence electrons. The van der Waals surface area contributed by atoms with Gasteiger partial charge in [0.15, 0.2) is 0 Å². The maximum absolute atomic E-state index is 13.9. The fourth-order valence-corrected chi connectivity index (χ4v) is 6.28. The van der Waals surface area contributed by atoms with Crippen LogP contribution in [0.4, 0.5) is 5.95 Å². The number of rotatable bonds is 9. The number of hydrogen-bond donors (Lipinski definition) is 1. The Hall–Kier alpha value is -3.45. The van der Waals surface area contributed by atoms with Gasteiger partial charge < -0.3 is 14.9 Å². The SMILES string of the molecule is O=C(O)CN(Cc1cccc(Cl)c1)C(=O)c1cnc(N2CCC(Cc3ccccc3)CC2)nc1C1CCCCC1. The van der Waals surface area contributed by atoms with Gasteiger partial charge in [-0.15, -0.1) is 0 Å². The molecule has 0 radical (unpaired) electrons. The first-order valence-electron chi connectivity index (χ1n) is 14.4. The van der Waals surface area contributed by atoms with Crippen molar-refractivity contribution < 1.29 is 14.7 Å². The average molecular weight is 561 g/mol. The topological polar surface area (TPSA) is 86.6 Å². The number of carbonyl (C=O) groups is 2. The standard InChI is InChI=1S/C32H37ClN4O3/c33-27-13-7-10-25(19-27)21-37(22-29(38)39)31(40)28-20-34-32(35-30(28)26-11-5-2-6-12-26)36-16-14-24(15-17-36)18-23-8-3-1-4-9-23/h1,3-4,7-10,13,19-20,24,26H,2,5-6,11-12,14-18,21-22H2,(H,38,39). The molecular formula is C32H37ClN4O3. The van der Waals surface area contributed by atoms with Crippen molar-refractivity contribution >= 4 is 29.4 Å². The first kappa shape index (κ1) is 28.1. The van der Waals surface area contributed by atoms with Crippen LogP contribution < -0.4 is 4.90 Å². The van der Waals surface area contributed by atoms with Gasteiger partial charge in [-0.05, 0) is 61.3 Å². The van der Waals surface area contributed by atoms with Crippen LogP contribution in [-0.4, -0.2) is 51.5 Å². The van der Waals surface area contributed by atoms with E-state index in [9.17, 15) is 14.7 Å². The van der Waals surface area contributed by atoms with Crippen LogP contribution in [0.5, 0.6) is 0 Å². The van der Waals surface area contributed by atoms with Gasteiger partial charge in [0.1, 0.15) is 6.54 Å². The summed E-state index contributed by atoms with van der Waals surface area (Å²) in [5, 5.41) is 10.1. The molecular weight excluding hydrogens is 524 g/mol. The van der Waals surface area contributed by atoms with Gasteiger partial charge in [0.2, 0.25) is 5.95 Å². The Morgan fingerprint density at radius 1 is 0.950 bits per heavy atom. The summed E-state index contributed by atoms with van der Waals surface area (Å²) in [5.41, 5.74) is 3.33. The second kappa shape index (κ2) is 13.3. The van der Waals surface area contributed by atoms with Gasteiger partial charge in [-0.1, -0.05) is 73.3 Å². The molecule has 0 atom stereocenters. The van der Waals surface area contributed by atoms with Crippen molar-refractivity contribution in [1.82, 2.24) is 14.9 Å². The number of carbonyl (C=O) groups excluding carboxylic acids is 1. The molecule has 1 amide bonds. The quantitative estimate of drug-likeness (QED) is 0.327. The van der Waals surface area contributed by atoms with E-state index in [4.69, 9.17) is 16.6 Å². The molecule has 2 aromatic carbocycles. The molecule has 40 heavy (non-hydrogen) atoms. The zero-order valence-corrected chi connectivity index (χ0v) is 23.6. The Labute approximate surface area is 241 Å². The highest BCUT2D eigenvalue weighted by atomic mass is 35.5. The average Bonchev–Trinajstić information content (AvgIpc) is 2.97. The van der Waals surface area contributed by atoms with Crippen LogP contribution in [0.2, 0.25) is 5.02 Å². The van der Waals surface area contributed by atoms with Crippen LogP contribution in [0, 0.1) is 5.92 Å². The molecule has 1 saturated carbocycles. The summed E-state index contributed by atoms with van der Waals surface area (Å²) in [6, 6.07) is 17.8. The van der Waals surface area contributed by atoms with E-state index in [1.54, 1.807) is 24.4 Å². The number of aliphatic carboxylic acids is 1. The number of piperidine rings is 1. The van der Waals surface area contributed by atoms with Crippen LogP contribution in [0.1, 0.15) is 78.0 Å². The zero-order valence-electron chi connectivity index (χ0n) is 22.8. The summed E-state index contributed by atoms with van der Waals surface area (Å²) >= 11 is 6.15. The Kier molecular flexibility index (Phi) is 9.32. The molecule has 1 N–H and O–H groups in total. The predicted molar refractivity (Wildman–Crippen MR) is 157 cm³/mol. The zero-order chi connectivity index (χ0) is 27.9. The summed E-state index contributed by atoms with van der Waals surface area (Å²) in [6.45, 7) is 1.50. The molecule has 1 saturated heterocycles. The number of nitrogens with zero attached hydrogens (tertiary/aromatic N) is 4. The fraction of sp³-hybridized carbons (Fsp3) is 0.438. The number of benzene rings is 2. The van der Waals surface area contributed by atoms with E-state index in [-0.39, 0.29) is 18.4 Å². The van der Waals surface area contributed by atoms with Crippen LogP contribution in [-0.2, 0) is 17.8 Å². The van der Waals surface area contributed by atoms with Gasteiger partial charge in [0, 0.05) is 36.8 Å². The summed E-state index contributed by atoms with van der Waals surface area (Å²) in [6.07, 6.45) is 10.2. The highest BCUT2D eigenvalue weighted by molar-refractivity contribution is 6.30. The molecule has 8 heteroatoms. The van der Waals surface area contributed by atoms with Crippen molar-refractivity contribution in [3.8, 4) is 0 Å². The van der Waals surface area contributed by atoms with Crippen molar-refractivity contribution in [2.45, 2.75) is 63.8 Å². The molecule has 5 rings (SSSR count). The number of carboxylic acid groups (broad SMARTS) is 1. The van der Waals surface area contributed by atoms with Crippen molar-refractivity contribution in [2.75, 3.05) is 24.5 Å². The molecule has 1 aliphatic heterocycles. The van der Waals surface area contributed by atoms with Crippen molar-refractivity contribution in [3.05, 3.63) is 88.2 Å². The Morgan fingerprint density at radius 3 is 2.38 bits per heavy atom. The van der Waals surface area contributed by atoms with Crippen LogP contribution >= 0.6 is 11.6 Å². The monoisotopic (exact) mass is 560 g/mol. The van der Waals surface area contributed by atoms with E-state index in [1.807, 2.05) is 6.07 Å². The lowest BCUT2D eigenvalue weighted by molar-refractivity contribution is -0.137. The normalized spacial score (nSPS) is 16.6. The molecule has 0 spiro atoms. The first-order valence-corrected chi connectivity index (χ1v) is 14.8. The minimum atomic E-state index is -1.06. The Balaban J connectivity index is 1.37. The van der Waals surface area contributed by atoms with E-state index in [2.05, 4.69) is 40.2 Å². The molecule has 7 nitrogen and oxygen atoms in total. The largest absolute Gasteiger partial charge is 0.480 e. The smallest absolute Gasteiger partial charge is 0.323 e. The van der Waals surface area contributed by atoms with Gasteiger partial charge >= 0.3 is 5.97 Å². The second-order valence-corrected chi connectivity index (χ2v) is 11.5. The van der Waals surface area contributed by atoms with E-state index < -0.39 is 12.5 Å². The minimum Gasteiger partial charge on any atom is -0.480 e. The minimum absolute atomic E-state index is 0.145. The van der Waals surface area contributed by atoms with E-state index in [1.165, 1.54) is 16.9 Å². The summed E-state index contributed by atoms with van der Waals surface area (Å²) < 4.78 is 0. The lowest BCUT2D eigenvalue weighted by Crippen LogP contribution is -2.38. The van der Waals surface area contributed by atoms with Crippen molar-refractivity contribution in [2.24, 2.45) is 5.92 Å². The van der Waals surface area contributed by atoms with Gasteiger partial charge in [-0.25, -0.2) is 9.97 Å². The third-order valence-corrected chi connectivity index (χ3v) is 8.40. The first-order chi connectivity index (χ1) is 19.5. The predicted octanol–water partition coefficient (Wildman–Crippen LogP) is 6.36. The number of halogens is 1. The lowest BCUT2D eigenvalue weighted by atomic mass is 9.85. The summed E-state index contributed by atoms with van der Waals surface area (Å²) in [5.74, 6) is 0.0628. The molecule has 1 aromatic heterocycles. The highest BCUT2D eigenvalue weighted by Crippen LogP contribution is 2.35. The van der Waals surface area contributed by atoms with E-state index >= 15 is 0 Å². The van der Waals surface area contributed by atoms with Crippen LogP contribution in [0.3, 0.4) is 0 Å². The number of hydrogen-bond acceptors (Lipinski definition) is 5. The molecule has 0 unspecified atom stereocenters. The highest BCUT2D eigenvalue weighted by Gasteiger charge is 2.30. The number of carboxylic acids is 1. The Morgan fingerprint density at radius 2 is 1.68 bits per heavy atom. The van der Waals surface area contributed by atoms with Gasteiger partial charge in [0.05, 0.1) is 11.3 Å². The van der Waals surface area contributed by atoms with E-state index in [0.717, 1.165) is 69.3 Å². The molecule has 2 heterocycles. The number of aromatic nitrogens is 2. The molecule has 1 aliphatic carbocycles. The molecule has 2 fully saturated rings. The second-order valence-electron chi connectivity index (χ2n) is 11.1. The van der Waals surface area contributed by atoms with Gasteiger partial charge in [0.25, 0.3) is 5.91 Å². The van der Waals surface area contributed by atoms with Crippen LogP contribution in [0.25, 0.3) is 0 Å². The van der Waals surface area contributed by atoms with Crippen LogP contribution in [0.15, 0.2) is 60.8 Å². The van der Waals surface area contributed by atoms with Crippen molar-refractivity contribution in [1.29, 1.82) is 0 Å². The number of anilines is 1. The van der Waals surface area contributed by atoms with Gasteiger partial charge in [-0.3, -0.25) is 9.59 Å². The summed E-state index contributed by atoms with van der Waals surface area (Å²) in [4.78, 5) is 38.9. The third-order valence-electron chi connectivity index (χ3n) is 8.17. The van der Waals surface area contributed by atoms with E-state index in [0.29, 0.717) is 22.5 Å². The maximum atomic E-state index is 13.9. The molecule has 3 aromatic rings. The summed E-state index contributed by atoms with van der Waals surface area (Å²) in [7, 11) is 0. The third kappa shape index (κ3) is 7.19. The number of amides is 1. The van der Waals surface area contributed by atoms with Gasteiger partial charge in [-0.2, -0.15) is 0 Å². The molecule has 2 aliphatic rings. The lowest BCUT2D eigenvalue weighted by Gasteiger charge is -2.33. The molecule has 0 bridgehead atoms. The fourth-order valence-electron chi connectivity index (χ4n) is 6.06.